The third kappa shape index (κ3) is 3.52. The molecule has 0 saturated heterocycles. The number of hydrogen-bond acceptors (Lipinski definition) is 7. The van der Waals surface area contributed by atoms with Crippen molar-refractivity contribution < 1.29 is 9.26 Å². The topological polar surface area (TPSA) is 91.8 Å². The molecule has 1 atom stereocenters. The molecule has 0 saturated carbocycles. The van der Waals surface area contributed by atoms with E-state index in [2.05, 4.69) is 25.3 Å². The van der Waals surface area contributed by atoms with Crippen LogP contribution in [0.5, 0.6) is 6.01 Å². The number of hydrogen-bond donors (Lipinski definition) is 0. The predicted octanol–water partition coefficient (Wildman–Crippen LogP) is 3.72. The quantitative estimate of drug-likeness (QED) is 0.519. The van der Waals surface area contributed by atoms with Gasteiger partial charge in [-0.3, -0.25) is 9.55 Å². The largest absolute Gasteiger partial charge is 0.452 e. The van der Waals surface area contributed by atoms with Crippen molar-refractivity contribution in [3.8, 4) is 28.9 Å². The number of pyridine rings is 1. The maximum absolute atomic E-state index is 6.01. The Morgan fingerprint density at radius 3 is 2.70 bits per heavy atom. The fourth-order valence-electron chi connectivity index (χ4n) is 2.52. The van der Waals surface area contributed by atoms with E-state index in [9.17, 15) is 0 Å². The summed E-state index contributed by atoms with van der Waals surface area (Å²) >= 11 is 6.01. The van der Waals surface area contributed by atoms with E-state index >= 15 is 0 Å². The molecule has 9 heteroatoms. The highest BCUT2D eigenvalue weighted by Gasteiger charge is 2.20. The highest BCUT2D eigenvalue weighted by Crippen LogP contribution is 2.25. The van der Waals surface area contributed by atoms with Crippen molar-refractivity contribution in [3.63, 3.8) is 0 Å². The summed E-state index contributed by atoms with van der Waals surface area (Å²) in [6.07, 6.45) is 2.92. The van der Waals surface area contributed by atoms with Gasteiger partial charge >= 0.3 is 6.01 Å². The van der Waals surface area contributed by atoms with Gasteiger partial charge in [-0.15, -0.1) is 5.10 Å². The Hall–Kier alpha value is -3.26. The van der Waals surface area contributed by atoms with Crippen LogP contribution in [0.15, 0.2) is 53.3 Å². The Morgan fingerprint density at radius 1 is 1.11 bits per heavy atom. The summed E-state index contributed by atoms with van der Waals surface area (Å²) in [5, 5.41) is 12.9. The van der Waals surface area contributed by atoms with Crippen LogP contribution in [-0.2, 0) is 7.05 Å². The summed E-state index contributed by atoms with van der Waals surface area (Å²) in [6.45, 7) is 1.81. The maximum atomic E-state index is 6.01. The maximum Gasteiger partial charge on any atom is 0.317 e. The number of nitrogens with zero attached hydrogens (tertiary/aromatic N) is 6. The molecule has 0 aliphatic heterocycles. The van der Waals surface area contributed by atoms with E-state index in [0.29, 0.717) is 28.6 Å². The molecule has 0 bridgehead atoms. The van der Waals surface area contributed by atoms with Crippen LogP contribution in [0, 0.1) is 0 Å². The molecule has 4 aromatic rings. The fourth-order valence-corrected chi connectivity index (χ4v) is 2.71. The minimum atomic E-state index is -0.477. The second-order valence-corrected chi connectivity index (χ2v) is 6.27. The van der Waals surface area contributed by atoms with Gasteiger partial charge in [-0.05, 0) is 37.3 Å². The number of ether oxygens (including phenoxy) is 1. The average Bonchev–Trinajstić information content (AvgIpc) is 3.31. The van der Waals surface area contributed by atoms with E-state index in [1.165, 1.54) is 0 Å². The summed E-state index contributed by atoms with van der Waals surface area (Å²) in [6, 6.07) is 11.3. The van der Waals surface area contributed by atoms with Crippen LogP contribution in [0.4, 0.5) is 0 Å². The molecular formula is C18H15ClN6O2. The standard InChI is InChI=1S/C18H15ClN6O2/c1-11(15-21-17(27-24-15)13-4-3-5-14(19)10-13)26-18-23-22-16(25(18)2)12-6-8-20-9-7-12/h3-11H,1-2H3. The normalized spacial score (nSPS) is 12.1. The molecule has 0 aliphatic rings. The lowest BCUT2D eigenvalue weighted by Crippen LogP contribution is -2.08. The van der Waals surface area contributed by atoms with Gasteiger partial charge in [0.1, 0.15) is 0 Å². The number of benzene rings is 1. The lowest BCUT2D eigenvalue weighted by molar-refractivity contribution is 0.186. The SMILES string of the molecule is CC(Oc1nnc(-c2ccncc2)n1C)c1noc(-c2cccc(Cl)c2)n1. The van der Waals surface area contributed by atoms with Gasteiger partial charge in [0.25, 0.3) is 5.89 Å². The number of aromatic nitrogens is 6. The molecule has 1 unspecified atom stereocenters. The molecule has 0 N–H and O–H groups in total. The molecule has 0 aliphatic carbocycles. The highest BCUT2D eigenvalue weighted by atomic mass is 35.5. The smallest absolute Gasteiger partial charge is 0.317 e. The van der Waals surface area contributed by atoms with Crippen LogP contribution in [0.1, 0.15) is 18.9 Å². The van der Waals surface area contributed by atoms with E-state index in [4.69, 9.17) is 20.9 Å². The van der Waals surface area contributed by atoms with Crippen molar-refractivity contribution in [3.05, 3.63) is 59.6 Å². The summed E-state index contributed by atoms with van der Waals surface area (Å²) < 4.78 is 12.9. The van der Waals surface area contributed by atoms with Gasteiger partial charge in [-0.2, -0.15) is 4.98 Å². The summed E-state index contributed by atoms with van der Waals surface area (Å²) in [5.74, 6) is 1.45. The van der Waals surface area contributed by atoms with Crippen LogP contribution in [0.25, 0.3) is 22.8 Å². The Morgan fingerprint density at radius 2 is 1.93 bits per heavy atom. The van der Waals surface area contributed by atoms with Gasteiger partial charge in [-0.25, -0.2) is 0 Å². The Bertz CT molecular complexity index is 1060. The van der Waals surface area contributed by atoms with Gasteiger partial charge < -0.3 is 9.26 Å². The van der Waals surface area contributed by atoms with Gasteiger partial charge in [0.05, 0.1) is 0 Å². The zero-order valence-corrected chi connectivity index (χ0v) is 15.3. The molecule has 0 radical (unpaired) electrons. The molecular weight excluding hydrogens is 368 g/mol. The van der Waals surface area contributed by atoms with Crippen LogP contribution in [0.2, 0.25) is 5.02 Å². The molecule has 136 valence electrons. The third-order valence-corrected chi connectivity index (χ3v) is 4.17. The van der Waals surface area contributed by atoms with Crippen LogP contribution in [0.3, 0.4) is 0 Å². The summed E-state index contributed by atoms with van der Waals surface area (Å²) in [7, 11) is 1.82. The Balaban J connectivity index is 1.53. The first-order valence-corrected chi connectivity index (χ1v) is 8.55. The van der Waals surface area contributed by atoms with E-state index < -0.39 is 6.10 Å². The molecule has 8 nitrogen and oxygen atoms in total. The number of rotatable bonds is 5. The lowest BCUT2D eigenvalue weighted by Gasteiger charge is -2.10. The molecule has 0 fully saturated rings. The van der Waals surface area contributed by atoms with Gasteiger partial charge in [0.15, 0.2) is 11.9 Å². The minimum Gasteiger partial charge on any atom is -0.452 e. The zero-order chi connectivity index (χ0) is 18.8. The Kier molecular flexibility index (Phi) is 4.55. The average molecular weight is 383 g/mol. The van der Waals surface area contributed by atoms with Crippen molar-refractivity contribution in [2.75, 3.05) is 0 Å². The molecule has 27 heavy (non-hydrogen) atoms. The monoisotopic (exact) mass is 382 g/mol. The molecule has 3 heterocycles. The molecule has 0 spiro atoms. The van der Waals surface area contributed by atoms with Gasteiger partial charge in [0.2, 0.25) is 5.82 Å². The second kappa shape index (κ2) is 7.16. The van der Waals surface area contributed by atoms with Crippen molar-refractivity contribution in [1.29, 1.82) is 0 Å². The first-order chi connectivity index (χ1) is 13.1. The minimum absolute atomic E-state index is 0.350. The molecule has 4 rings (SSSR count). The fraction of sp³-hybridized carbons (Fsp3) is 0.167. The van der Waals surface area contributed by atoms with Crippen LogP contribution in [-0.4, -0.2) is 29.9 Å². The van der Waals surface area contributed by atoms with E-state index in [-0.39, 0.29) is 0 Å². The zero-order valence-electron chi connectivity index (χ0n) is 14.6. The van der Waals surface area contributed by atoms with Crippen molar-refractivity contribution in [2.24, 2.45) is 7.05 Å². The van der Waals surface area contributed by atoms with E-state index in [1.807, 2.05) is 38.2 Å². The van der Waals surface area contributed by atoms with E-state index in [0.717, 1.165) is 11.1 Å². The second-order valence-electron chi connectivity index (χ2n) is 5.83. The Labute approximate surface area is 159 Å². The van der Waals surface area contributed by atoms with Gasteiger partial charge in [0, 0.05) is 35.6 Å². The van der Waals surface area contributed by atoms with Gasteiger partial charge in [-0.1, -0.05) is 27.9 Å². The molecule has 3 aromatic heterocycles. The van der Waals surface area contributed by atoms with Crippen molar-refractivity contribution in [2.45, 2.75) is 13.0 Å². The highest BCUT2D eigenvalue weighted by molar-refractivity contribution is 6.30. The first kappa shape index (κ1) is 17.2. The van der Waals surface area contributed by atoms with Crippen LogP contribution >= 0.6 is 11.6 Å². The predicted molar refractivity (Wildman–Crippen MR) is 98.0 cm³/mol. The third-order valence-electron chi connectivity index (χ3n) is 3.93. The first-order valence-electron chi connectivity index (χ1n) is 8.18. The summed E-state index contributed by atoms with van der Waals surface area (Å²) in [4.78, 5) is 8.39. The molecule has 0 amide bonds. The lowest BCUT2D eigenvalue weighted by atomic mass is 10.2. The number of halogens is 1. The van der Waals surface area contributed by atoms with Crippen LogP contribution < -0.4 is 4.74 Å². The summed E-state index contributed by atoms with van der Waals surface area (Å²) in [5.41, 5.74) is 1.64. The van der Waals surface area contributed by atoms with Crippen molar-refractivity contribution >= 4 is 11.6 Å². The van der Waals surface area contributed by atoms with E-state index in [1.54, 1.807) is 29.1 Å². The van der Waals surface area contributed by atoms with Crippen molar-refractivity contribution in [1.82, 2.24) is 29.9 Å². The molecule has 1 aromatic carbocycles.